The quantitative estimate of drug-likeness (QED) is 0.653. The number of nitrogens with one attached hydrogen (secondary N) is 1. The molecule has 2 aromatic heterocycles. The molecule has 3 N–H and O–H groups in total. The van der Waals surface area contributed by atoms with Gasteiger partial charge in [-0.05, 0) is 28.9 Å². The summed E-state index contributed by atoms with van der Waals surface area (Å²) >= 11 is 3.36. The van der Waals surface area contributed by atoms with Crippen LogP contribution in [0.3, 0.4) is 0 Å². The van der Waals surface area contributed by atoms with Gasteiger partial charge in [-0.3, -0.25) is 9.78 Å². The molecule has 0 saturated heterocycles. The summed E-state index contributed by atoms with van der Waals surface area (Å²) in [6, 6.07) is 1.78. The molecule has 7 heteroatoms. The normalized spacial score (nSPS) is 10.4. The Morgan fingerprint density at radius 2 is 2.22 bits per heavy atom. The van der Waals surface area contributed by atoms with Gasteiger partial charge >= 0.3 is 0 Å². The average Bonchev–Trinajstić information content (AvgIpc) is 2.36. The first-order valence-corrected chi connectivity index (χ1v) is 6.03. The molecule has 0 aliphatic rings. The van der Waals surface area contributed by atoms with E-state index in [2.05, 4.69) is 31.3 Å². The Morgan fingerprint density at radius 1 is 1.44 bits per heavy atom. The third kappa shape index (κ3) is 2.74. The number of halogens is 1. The lowest BCUT2D eigenvalue weighted by Gasteiger charge is -2.07. The molecule has 94 valence electrons. The molecule has 2 rings (SSSR count). The summed E-state index contributed by atoms with van der Waals surface area (Å²) in [7, 11) is 0. The van der Waals surface area contributed by atoms with Crippen molar-refractivity contribution in [1.29, 1.82) is 0 Å². The van der Waals surface area contributed by atoms with E-state index in [0.717, 1.165) is 4.47 Å². The van der Waals surface area contributed by atoms with Crippen LogP contribution in [-0.2, 0) is 6.54 Å². The minimum absolute atomic E-state index is 0.0407. The predicted molar refractivity (Wildman–Crippen MR) is 72.1 cm³/mol. The highest BCUT2D eigenvalue weighted by atomic mass is 79.9. The molecule has 0 aromatic carbocycles. The number of pyridine rings is 1. The molecule has 0 amide bonds. The molecule has 2 aromatic rings. The number of hydrogen-bond acceptors (Lipinski definition) is 5. The van der Waals surface area contributed by atoms with Gasteiger partial charge in [0.05, 0.1) is 24.6 Å². The van der Waals surface area contributed by atoms with Gasteiger partial charge in [0.25, 0.3) is 5.56 Å². The second-order valence-electron chi connectivity index (χ2n) is 3.81. The van der Waals surface area contributed by atoms with Crippen molar-refractivity contribution >= 4 is 21.7 Å². The molecule has 0 aliphatic carbocycles. The monoisotopic (exact) mass is 309 g/mol. The molecule has 6 nitrogen and oxygen atoms in total. The predicted octanol–water partition coefficient (Wildman–Crippen LogP) is 1.04. The maximum atomic E-state index is 11.9. The number of hydrazine groups is 1. The fourth-order valence-electron chi connectivity index (χ4n) is 1.54. The molecule has 0 bridgehead atoms. The summed E-state index contributed by atoms with van der Waals surface area (Å²) in [6.45, 7) is 2.15. The number of nitrogens with two attached hydrogens (primary N) is 1. The van der Waals surface area contributed by atoms with Crippen molar-refractivity contribution in [2.75, 3.05) is 5.43 Å². The van der Waals surface area contributed by atoms with Gasteiger partial charge in [-0.1, -0.05) is 0 Å². The summed E-state index contributed by atoms with van der Waals surface area (Å²) in [5.74, 6) is 5.69. The number of hydrogen-bond donors (Lipinski definition) is 2. The van der Waals surface area contributed by atoms with Gasteiger partial charge in [0.15, 0.2) is 5.82 Å². The summed E-state index contributed by atoms with van der Waals surface area (Å²) in [4.78, 5) is 20.1. The maximum absolute atomic E-state index is 11.9. The zero-order chi connectivity index (χ0) is 13.1. The average molecular weight is 310 g/mol. The van der Waals surface area contributed by atoms with Crippen molar-refractivity contribution in [3.8, 4) is 0 Å². The van der Waals surface area contributed by atoms with E-state index in [0.29, 0.717) is 23.6 Å². The van der Waals surface area contributed by atoms with Gasteiger partial charge in [-0.2, -0.15) is 0 Å². The minimum atomic E-state index is -0.0407. The van der Waals surface area contributed by atoms with Crippen LogP contribution in [0.2, 0.25) is 0 Å². The van der Waals surface area contributed by atoms with Crippen LogP contribution in [0.1, 0.15) is 11.3 Å². The largest absolute Gasteiger partial charge is 0.308 e. The first-order chi connectivity index (χ1) is 8.60. The third-order valence-electron chi connectivity index (χ3n) is 2.42. The number of aromatic nitrogens is 3. The Hall–Kier alpha value is -1.73. The highest BCUT2D eigenvalue weighted by molar-refractivity contribution is 9.10. The van der Waals surface area contributed by atoms with E-state index < -0.39 is 0 Å². The molecule has 0 spiro atoms. The Kier molecular flexibility index (Phi) is 3.73. The van der Waals surface area contributed by atoms with Gasteiger partial charge in [-0.15, -0.1) is 0 Å². The highest BCUT2D eigenvalue weighted by Crippen LogP contribution is 2.09. The number of nitrogen functional groups attached to an aromatic ring is 1. The van der Waals surface area contributed by atoms with Crippen LogP contribution in [0, 0.1) is 6.92 Å². The van der Waals surface area contributed by atoms with Crippen molar-refractivity contribution in [2.24, 2.45) is 5.84 Å². The summed E-state index contributed by atoms with van der Waals surface area (Å²) in [5, 5.41) is 0. The van der Waals surface area contributed by atoms with Crippen molar-refractivity contribution < 1.29 is 0 Å². The summed E-state index contributed by atoms with van der Waals surface area (Å²) in [6.07, 6.45) is 4.83. The van der Waals surface area contributed by atoms with E-state index in [4.69, 9.17) is 5.84 Å². The van der Waals surface area contributed by atoms with E-state index in [1.54, 1.807) is 30.0 Å². The van der Waals surface area contributed by atoms with E-state index in [1.165, 1.54) is 6.20 Å². The number of anilines is 1. The van der Waals surface area contributed by atoms with Crippen LogP contribution in [0.15, 0.2) is 33.9 Å². The van der Waals surface area contributed by atoms with Crippen molar-refractivity contribution in [1.82, 2.24) is 14.5 Å². The molecule has 18 heavy (non-hydrogen) atoms. The zero-order valence-electron chi connectivity index (χ0n) is 9.72. The second-order valence-corrected chi connectivity index (χ2v) is 4.73. The number of nitrogens with zero attached hydrogens (tertiary/aromatic N) is 3. The van der Waals surface area contributed by atoms with Crippen LogP contribution in [0.5, 0.6) is 0 Å². The summed E-state index contributed by atoms with van der Waals surface area (Å²) < 4.78 is 2.44. The lowest BCUT2D eigenvalue weighted by Crippen LogP contribution is -2.22. The first-order valence-electron chi connectivity index (χ1n) is 5.24. The van der Waals surface area contributed by atoms with Crippen LogP contribution < -0.4 is 16.8 Å². The van der Waals surface area contributed by atoms with E-state index in [9.17, 15) is 4.79 Å². The first kappa shape index (κ1) is 12.7. The molecule has 0 atom stereocenters. The number of rotatable bonds is 3. The van der Waals surface area contributed by atoms with Gasteiger partial charge < -0.3 is 9.99 Å². The molecule has 0 aliphatic heterocycles. The SMILES string of the molecule is Cc1cc(Br)cn(Cc2cnc(NN)cn2)c1=O. The molecule has 0 unspecified atom stereocenters. The number of aryl methyl sites for hydroxylation is 1. The Balaban J connectivity index is 2.31. The Morgan fingerprint density at radius 3 is 2.83 bits per heavy atom. The third-order valence-corrected chi connectivity index (χ3v) is 2.85. The fraction of sp³-hybridized carbons (Fsp3) is 0.182. The van der Waals surface area contributed by atoms with Crippen LogP contribution in [0.25, 0.3) is 0 Å². The second kappa shape index (κ2) is 5.28. The van der Waals surface area contributed by atoms with Gasteiger partial charge in [0, 0.05) is 16.2 Å². The lowest BCUT2D eigenvalue weighted by molar-refractivity contribution is 0.726. The van der Waals surface area contributed by atoms with Crippen molar-refractivity contribution in [3.63, 3.8) is 0 Å². The van der Waals surface area contributed by atoms with Crippen LogP contribution in [0.4, 0.5) is 5.82 Å². The standard InChI is InChI=1S/C11H12BrN5O/c1-7-2-8(12)5-17(11(7)18)6-9-3-15-10(16-13)4-14-9/h2-5H,6,13H2,1H3,(H,15,16). The maximum Gasteiger partial charge on any atom is 0.253 e. The molecule has 2 heterocycles. The molecular weight excluding hydrogens is 298 g/mol. The summed E-state index contributed by atoms with van der Waals surface area (Å²) in [5.41, 5.74) is 3.72. The molecular formula is C11H12BrN5O. The van der Waals surface area contributed by atoms with Gasteiger partial charge in [0.2, 0.25) is 0 Å². The van der Waals surface area contributed by atoms with Crippen LogP contribution in [-0.4, -0.2) is 14.5 Å². The van der Waals surface area contributed by atoms with E-state index in [1.807, 2.05) is 0 Å². The Bertz CT molecular complexity index is 608. The molecule has 0 saturated carbocycles. The van der Waals surface area contributed by atoms with Gasteiger partial charge in [0.1, 0.15) is 0 Å². The van der Waals surface area contributed by atoms with Crippen molar-refractivity contribution in [3.05, 3.63) is 50.7 Å². The zero-order valence-corrected chi connectivity index (χ0v) is 11.3. The minimum Gasteiger partial charge on any atom is -0.308 e. The molecule has 0 fully saturated rings. The van der Waals surface area contributed by atoms with Crippen LogP contribution >= 0.6 is 15.9 Å². The highest BCUT2D eigenvalue weighted by Gasteiger charge is 2.04. The van der Waals surface area contributed by atoms with E-state index in [-0.39, 0.29) is 5.56 Å². The topological polar surface area (TPSA) is 85.8 Å². The Labute approximate surface area is 112 Å². The lowest BCUT2D eigenvalue weighted by atomic mass is 10.3. The van der Waals surface area contributed by atoms with E-state index >= 15 is 0 Å². The smallest absolute Gasteiger partial charge is 0.253 e. The fourth-order valence-corrected chi connectivity index (χ4v) is 2.13. The molecule has 0 radical (unpaired) electrons. The van der Waals surface area contributed by atoms with Gasteiger partial charge in [-0.25, -0.2) is 10.8 Å². The van der Waals surface area contributed by atoms with Crippen molar-refractivity contribution in [2.45, 2.75) is 13.5 Å².